The van der Waals surface area contributed by atoms with E-state index in [0.717, 1.165) is 12.0 Å². The molecule has 1 aromatic carbocycles. The molecule has 0 bridgehead atoms. The van der Waals surface area contributed by atoms with Crippen molar-refractivity contribution in [3.05, 3.63) is 41.1 Å². The SMILES string of the molecule is CCc1ccc(/C=C2/NC(=S)N(C)C2=O)cc1. The first kappa shape index (κ1) is 11.8. The zero-order chi connectivity index (χ0) is 12.4. The predicted octanol–water partition coefficient (Wildman–Crippen LogP) is 1.94. The summed E-state index contributed by atoms with van der Waals surface area (Å²) in [5, 5.41) is 3.35. The summed E-state index contributed by atoms with van der Waals surface area (Å²) in [7, 11) is 1.67. The van der Waals surface area contributed by atoms with Crippen molar-refractivity contribution in [1.82, 2.24) is 10.2 Å². The fourth-order valence-corrected chi connectivity index (χ4v) is 1.83. The highest BCUT2D eigenvalue weighted by Crippen LogP contribution is 2.13. The first-order valence-corrected chi connectivity index (χ1v) is 5.92. The molecule has 1 saturated heterocycles. The van der Waals surface area contributed by atoms with Crippen LogP contribution in [0.4, 0.5) is 0 Å². The van der Waals surface area contributed by atoms with E-state index in [1.54, 1.807) is 7.05 Å². The lowest BCUT2D eigenvalue weighted by atomic mass is 10.1. The Morgan fingerprint density at radius 1 is 1.35 bits per heavy atom. The monoisotopic (exact) mass is 246 g/mol. The topological polar surface area (TPSA) is 32.3 Å². The van der Waals surface area contributed by atoms with Crippen LogP contribution < -0.4 is 5.32 Å². The molecule has 1 aromatic rings. The van der Waals surface area contributed by atoms with Gasteiger partial charge in [-0.25, -0.2) is 0 Å². The zero-order valence-corrected chi connectivity index (χ0v) is 10.7. The Labute approximate surface area is 106 Å². The summed E-state index contributed by atoms with van der Waals surface area (Å²) in [5.41, 5.74) is 2.81. The number of nitrogens with one attached hydrogen (secondary N) is 1. The van der Waals surface area contributed by atoms with E-state index in [0.29, 0.717) is 10.8 Å². The van der Waals surface area contributed by atoms with Crippen molar-refractivity contribution in [2.75, 3.05) is 7.05 Å². The van der Waals surface area contributed by atoms with E-state index >= 15 is 0 Å². The molecule has 0 unspecified atom stereocenters. The van der Waals surface area contributed by atoms with E-state index in [2.05, 4.69) is 24.4 Å². The van der Waals surface area contributed by atoms with Gasteiger partial charge in [0.15, 0.2) is 5.11 Å². The standard InChI is InChI=1S/C13H14N2OS/c1-3-9-4-6-10(7-5-9)8-11-12(16)15(2)13(17)14-11/h4-8H,3H2,1-2H3,(H,14,17)/b11-8+. The number of likely N-dealkylation sites (N-methyl/N-ethyl adjacent to an activating group) is 1. The van der Waals surface area contributed by atoms with Gasteiger partial charge in [-0.05, 0) is 35.8 Å². The number of carbonyl (C=O) groups excluding carboxylic acids is 1. The quantitative estimate of drug-likeness (QED) is 0.639. The summed E-state index contributed by atoms with van der Waals surface area (Å²) in [6.07, 6.45) is 2.83. The minimum Gasteiger partial charge on any atom is -0.328 e. The molecule has 1 fully saturated rings. The van der Waals surface area contributed by atoms with Gasteiger partial charge >= 0.3 is 0 Å². The van der Waals surface area contributed by atoms with Gasteiger partial charge in [-0.1, -0.05) is 31.2 Å². The van der Waals surface area contributed by atoms with Crippen molar-refractivity contribution in [1.29, 1.82) is 0 Å². The van der Waals surface area contributed by atoms with Crippen molar-refractivity contribution in [3.8, 4) is 0 Å². The third-order valence-electron chi connectivity index (χ3n) is 2.78. The van der Waals surface area contributed by atoms with Gasteiger partial charge in [0, 0.05) is 7.05 Å². The maximum absolute atomic E-state index is 11.8. The summed E-state index contributed by atoms with van der Waals surface area (Å²) in [6.45, 7) is 2.11. The maximum Gasteiger partial charge on any atom is 0.276 e. The number of carbonyl (C=O) groups is 1. The van der Waals surface area contributed by atoms with Crippen molar-refractivity contribution in [3.63, 3.8) is 0 Å². The van der Waals surface area contributed by atoms with Crippen LogP contribution in [0, 0.1) is 0 Å². The molecule has 1 N–H and O–H groups in total. The third kappa shape index (κ3) is 2.36. The van der Waals surface area contributed by atoms with Gasteiger partial charge in [0.1, 0.15) is 5.70 Å². The van der Waals surface area contributed by atoms with Gasteiger partial charge in [-0.3, -0.25) is 9.69 Å². The number of rotatable bonds is 2. The smallest absolute Gasteiger partial charge is 0.276 e. The summed E-state index contributed by atoms with van der Waals surface area (Å²) >= 11 is 5.00. The lowest BCUT2D eigenvalue weighted by Gasteiger charge is -2.02. The van der Waals surface area contributed by atoms with Crippen LogP contribution in [-0.2, 0) is 11.2 Å². The van der Waals surface area contributed by atoms with E-state index in [9.17, 15) is 4.79 Å². The van der Waals surface area contributed by atoms with Gasteiger partial charge in [0.2, 0.25) is 0 Å². The number of thiocarbonyl (C=S) groups is 1. The Morgan fingerprint density at radius 2 is 2.00 bits per heavy atom. The van der Waals surface area contributed by atoms with Crippen molar-refractivity contribution >= 4 is 29.3 Å². The fraction of sp³-hybridized carbons (Fsp3) is 0.231. The van der Waals surface area contributed by atoms with Gasteiger partial charge in [0.25, 0.3) is 5.91 Å². The Kier molecular flexibility index (Phi) is 3.24. The van der Waals surface area contributed by atoms with Crippen LogP contribution in [0.1, 0.15) is 18.1 Å². The van der Waals surface area contributed by atoms with Crippen molar-refractivity contribution in [2.45, 2.75) is 13.3 Å². The molecule has 17 heavy (non-hydrogen) atoms. The van der Waals surface area contributed by atoms with E-state index in [4.69, 9.17) is 12.2 Å². The number of benzene rings is 1. The summed E-state index contributed by atoms with van der Waals surface area (Å²) < 4.78 is 0. The molecule has 0 radical (unpaired) electrons. The predicted molar refractivity (Wildman–Crippen MR) is 72.3 cm³/mol. The molecule has 0 aliphatic carbocycles. The second-order valence-electron chi connectivity index (χ2n) is 3.95. The first-order valence-electron chi connectivity index (χ1n) is 5.51. The summed E-state index contributed by atoms with van der Waals surface area (Å²) in [6, 6.07) is 8.13. The zero-order valence-electron chi connectivity index (χ0n) is 9.86. The lowest BCUT2D eigenvalue weighted by molar-refractivity contribution is -0.121. The van der Waals surface area contributed by atoms with Crippen molar-refractivity contribution in [2.24, 2.45) is 0 Å². The van der Waals surface area contributed by atoms with Gasteiger partial charge in [-0.2, -0.15) is 0 Å². The van der Waals surface area contributed by atoms with E-state index in [-0.39, 0.29) is 5.91 Å². The van der Waals surface area contributed by atoms with Crippen LogP contribution >= 0.6 is 12.2 Å². The summed E-state index contributed by atoms with van der Waals surface area (Å²) in [5.74, 6) is -0.0884. The molecule has 0 atom stereocenters. The molecule has 3 nitrogen and oxygen atoms in total. The molecule has 0 saturated carbocycles. The second-order valence-corrected chi connectivity index (χ2v) is 4.33. The highest BCUT2D eigenvalue weighted by Gasteiger charge is 2.26. The molecule has 1 aliphatic rings. The molecule has 1 amide bonds. The molecular formula is C13H14N2OS. The normalized spacial score (nSPS) is 17.8. The molecule has 1 aliphatic heterocycles. The number of aryl methyl sites for hydroxylation is 1. The highest BCUT2D eigenvalue weighted by atomic mass is 32.1. The Hall–Kier alpha value is -1.68. The molecular weight excluding hydrogens is 232 g/mol. The van der Waals surface area contributed by atoms with Crippen LogP contribution in [0.5, 0.6) is 0 Å². The van der Waals surface area contributed by atoms with Crippen LogP contribution in [-0.4, -0.2) is 23.0 Å². The van der Waals surface area contributed by atoms with Crippen LogP contribution in [0.25, 0.3) is 6.08 Å². The molecule has 4 heteroatoms. The largest absolute Gasteiger partial charge is 0.328 e. The Bertz CT molecular complexity index is 491. The molecule has 0 spiro atoms. The van der Waals surface area contributed by atoms with Crippen LogP contribution in [0.2, 0.25) is 0 Å². The van der Waals surface area contributed by atoms with Gasteiger partial charge in [0.05, 0.1) is 0 Å². The average molecular weight is 246 g/mol. The van der Waals surface area contributed by atoms with Crippen LogP contribution in [0.15, 0.2) is 30.0 Å². The number of amides is 1. The molecule has 2 rings (SSSR count). The maximum atomic E-state index is 11.8. The third-order valence-corrected chi connectivity index (χ3v) is 3.16. The second kappa shape index (κ2) is 4.67. The lowest BCUT2D eigenvalue weighted by Crippen LogP contribution is -2.25. The van der Waals surface area contributed by atoms with E-state index < -0.39 is 0 Å². The number of nitrogens with zero attached hydrogens (tertiary/aromatic N) is 1. The van der Waals surface area contributed by atoms with Crippen molar-refractivity contribution < 1.29 is 4.79 Å². The van der Waals surface area contributed by atoms with Crippen LogP contribution in [0.3, 0.4) is 0 Å². The minimum atomic E-state index is -0.0884. The fourth-order valence-electron chi connectivity index (χ4n) is 1.64. The Morgan fingerprint density at radius 3 is 2.47 bits per heavy atom. The van der Waals surface area contributed by atoms with E-state index in [1.165, 1.54) is 10.5 Å². The number of hydrogen-bond acceptors (Lipinski definition) is 2. The average Bonchev–Trinajstić information content (AvgIpc) is 2.58. The Balaban J connectivity index is 2.24. The molecule has 0 aromatic heterocycles. The first-order chi connectivity index (χ1) is 8.11. The number of hydrogen-bond donors (Lipinski definition) is 1. The molecule has 88 valence electrons. The van der Waals surface area contributed by atoms with E-state index in [1.807, 2.05) is 18.2 Å². The highest BCUT2D eigenvalue weighted by molar-refractivity contribution is 7.80. The molecule has 1 heterocycles. The van der Waals surface area contributed by atoms with Gasteiger partial charge < -0.3 is 5.32 Å². The minimum absolute atomic E-state index is 0.0884. The van der Waals surface area contributed by atoms with Gasteiger partial charge in [-0.15, -0.1) is 0 Å². The summed E-state index contributed by atoms with van der Waals surface area (Å²) in [4.78, 5) is 13.2.